The molecule has 0 saturated carbocycles. The highest BCUT2D eigenvalue weighted by molar-refractivity contribution is 5.97. The summed E-state index contributed by atoms with van der Waals surface area (Å²) in [4.78, 5) is 26.2. The highest BCUT2D eigenvalue weighted by Gasteiger charge is 2.34. The number of hydrogen-bond donors (Lipinski definition) is 1. The number of ether oxygens (including phenoxy) is 1. The van der Waals surface area contributed by atoms with Gasteiger partial charge in [-0.15, -0.1) is 0 Å². The number of aromatic nitrogens is 2. The van der Waals surface area contributed by atoms with Gasteiger partial charge in [0.05, 0.1) is 12.6 Å². The van der Waals surface area contributed by atoms with Gasteiger partial charge in [0.25, 0.3) is 5.91 Å². The fraction of sp³-hybridized carbons (Fsp3) is 0.367. The van der Waals surface area contributed by atoms with Crippen LogP contribution in [0.3, 0.4) is 0 Å². The number of aliphatic hydroxyl groups excluding tert-OH is 1. The average molecular weight is 499 g/mol. The number of fused-ring (bicyclic) bond motifs is 1. The fourth-order valence-electron chi connectivity index (χ4n) is 4.41. The minimum Gasteiger partial charge on any atom is -0.472 e. The van der Waals surface area contributed by atoms with E-state index >= 15 is 0 Å². The predicted octanol–water partition coefficient (Wildman–Crippen LogP) is 3.42. The molecule has 1 N–H and O–H groups in total. The molecule has 0 unspecified atom stereocenters. The van der Waals surface area contributed by atoms with Gasteiger partial charge < -0.3 is 14.7 Å². The first-order valence-electron chi connectivity index (χ1n) is 12.6. The van der Waals surface area contributed by atoms with E-state index in [-0.39, 0.29) is 30.6 Å². The van der Waals surface area contributed by atoms with Crippen molar-refractivity contribution in [3.8, 4) is 17.7 Å². The van der Waals surface area contributed by atoms with E-state index in [9.17, 15) is 9.90 Å². The van der Waals surface area contributed by atoms with E-state index in [1.165, 1.54) is 0 Å². The third-order valence-electron chi connectivity index (χ3n) is 6.56. The zero-order chi connectivity index (χ0) is 26.2. The van der Waals surface area contributed by atoms with Gasteiger partial charge in [0.1, 0.15) is 11.7 Å². The van der Waals surface area contributed by atoms with E-state index < -0.39 is 0 Å². The van der Waals surface area contributed by atoms with Crippen molar-refractivity contribution in [1.29, 1.82) is 0 Å². The molecule has 0 radical (unpaired) electrons. The Balaban J connectivity index is 1.59. The second-order valence-corrected chi connectivity index (χ2v) is 9.72. The lowest BCUT2D eigenvalue weighted by molar-refractivity contribution is 0.0325. The Hall–Kier alpha value is -3.73. The summed E-state index contributed by atoms with van der Waals surface area (Å²) < 4.78 is 6.39. The first kappa shape index (κ1) is 26.3. The van der Waals surface area contributed by atoms with Crippen molar-refractivity contribution >= 4 is 5.91 Å². The van der Waals surface area contributed by atoms with Crippen LogP contribution in [0.4, 0.5) is 0 Å². The summed E-state index contributed by atoms with van der Waals surface area (Å²) in [6, 6.07) is 15.4. The third-order valence-corrected chi connectivity index (χ3v) is 6.56. The summed E-state index contributed by atoms with van der Waals surface area (Å²) >= 11 is 0. The molecule has 4 rings (SSSR count). The lowest BCUT2D eigenvalue weighted by atomic mass is 9.99. The van der Waals surface area contributed by atoms with Crippen molar-refractivity contribution in [2.45, 2.75) is 39.0 Å². The van der Waals surface area contributed by atoms with Crippen molar-refractivity contribution in [2.24, 2.45) is 5.92 Å². The molecule has 2 aromatic heterocycles. The van der Waals surface area contributed by atoms with Crippen LogP contribution in [-0.4, -0.2) is 69.7 Å². The summed E-state index contributed by atoms with van der Waals surface area (Å²) in [6.45, 7) is 5.64. The Labute approximate surface area is 219 Å². The van der Waals surface area contributed by atoms with Crippen LogP contribution in [0.25, 0.3) is 0 Å². The maximum absolute atomic E-state index is 13.6. The van der Waals surface area contributed by atoms with Gasteiger partial charge in [-0.2, -0.15) is 0 Å². The summed E-state index contributed by atoms with van der Waals surface area (Å²) in [5, 5.41) is 9.88. The maximum atomic E-state index is 13.6. The van der Waals surface area contributed by atoms with E-state index in [1.54, 1.807) is 23.4 Å². The molecular weight excluding hydrogens is 464 g/mol. The van der Waals surface area contributed by atoms with Crippen molar-refractivity contribution in [1.82, 2.24) is 19.8 Å². The van der Waals surface area contributed by atoms with E-state index in [4.69, 9.17) is 4.74 Å². The standard InChI is InChI=1S/C30H34N4O3/c1-22-18-34(23(2)21-35)30(36)27-15-25(12-7-11-24-9-5-4-6-10-24)17-32-29(27)37-28(22)20-33(3)19-26-13-8-14-31-16-26/h4-6,8-10,13-17,22-23,28,35H,11,18-21H2,1-3H3/t22-,23-,28-/m0/s1. The van der Waals surface area contributed by atoms with Gasteiger partial charge in [-0.1, -0.05) is 55.2 Å². The summed E-state index contributed by atoms with van der Waals surface area (Å²) in [5.41, 5.74) is 3.27. The van der Waals surface area contributed by atoms with Crippen molar-refractivity contribution in [3.63, 3.8) is 0 Å². The second kappa shape index (κ2) is 12.5. The van der Waals surface area contributed by atoms with E-state index in [0.29, 0.717) is 36.5 Å². The molecule has 7 heteroatoms. The zero-order valence-electron chi connectivity index (χ0n) is 21.7. The van der Waals surface area contributed by atoms with Crippen molar-refractivity contribution in [2.75, 3.05) is 26.7 Å². The number of aliphatic hydroxyl groups is 1. The molecule has 0 fully saturated rings. The van der Waals surface area contributed by atoms with Gasteiger partial charge in [0.15, 0.2) is 0 Å². The molecule has 7 nitrogen and oxygen atoms in total. The predicted molar refractivity (Wildman–Crippen MR) is 143 cm³/mol. The van der Waals surface area contributed by atoms with E-state index in [1.807, 2.05) is 62.6 Å². The van der Waals surface area contributed by atoms with Crippen LogP contribution >= 0.6 is 0 Å². The molecule has 1 aliphatic heterocycles. The topological polar surface area (TPSA) is 78.8 Å². The normalized spacial score (nSPS) is 18.2. The van der Waals surface area contributed by atoms with Crippen molar-refractivity contribution in [3.05, 3.63) is 89.4 Å². The molecule has 0 aliphatic carbocycles. The Kier molecular flexibility index (Phi) is 8.89. The monoisotopic (exact) mass is 498 g/mol. The van der Waals surface area contributed by atoms with Crippen molar-refractivity contribution < 1.29 is 14.6 Å². The number of likely N-dealkylation sites (N-methyl/N-ethyl adjacent to an activating group) is 1. The number of rotatable bonds is 7. The van der Waals surface area contributed by atoms with E-state index in [0.717, 1.165) is 17.7 Å². The van der Waals surface area contributed by atoms with Crippen LogP contribution in [0.5, 0.6) is 5.88 Å². The Morgan fingerprint density at radius 3 is 2.70 bits per heavy atom. The van der Waals surface area contributed by atoms with Crippen LogP contribution in [-0.2, 0) is 13.0 Å². The van der Waals surface area contributed by atoms with Gasteiger partial charge in [0, 0.05) is 56.1 Å². The number of benzene rings is 1. The molecule has 3 heterocycles. The first-order chi connectivity index (χ1) is 17.9. The number of carbonyl (C=O) groups excluding carboxylic acids is 1. The SMILES string of the molecule is C[C@H]1CN([C@@H](C)CO)C(=O)c2cc(C#CCc3ccccc3)cnc2O[C@H]1CN(C)Cc1cccnc1. The number of carbonyl (C=O) groups is 1. The highest BCUT2D eigenvalue weighted by atomic mass is 16.5. The minimum absolute atomic E-state index is 0.0228. The summed E-state index contributed by atoms with van der Waals surface area (Å²) in [7, 11) is 2.04. The van der Waals surface area contributed by atoms with Gasteiger partial charge in [-0.25, -0.2) is 4.98 Å². The zero-order valence-corrected chi connectivity index (χ0v) is 21.7. The fourth-order valence-corrected chi connectivity index (χ4v) is 4.41. The third kappa shape index (κ3) is 6.94. The van der Waals surface area contributed by atoms with E-state index in [2.05, 4.69) is 33.6 Å². The van der Waals surface area contributed by atoms with Gasteiger partial charge in [-0.3, -0.25) is 14.7 Å². The molecule has 1 amide bonds. The van der Waals surface area contributed by atoms with Gasteiger partial charge in [0.2, 0.25) is 5.88 Å². The quantitative estimate of drug-likeness (QED) is 0.503. The Morgan fingerprint density at radius 1 is 1.19 bits per heavy atom. The molecule has 1 aliphatic rings. The average Bonchev–Trinajstić information content (AvgIpc) is 2.91. The molecular formula is C30H34N4O3. The number of amides is 1. The molecule has 0 spiro atoms. The van der Waals surface area contributed by atoms with Crippen LogP contribution in [0.1, 0.15) is 40.9 Å². The summed E-state index contributed by atoms with van der Waals surface area (Å²) in [6.07, 6.45) is 5.69. The molecule has 192 valence electrons. The first-order valence-corrected chi connectivity index (χ1v) is 12.6. The smallest absolute Gasteiger partial charge is 0.259 e. The lowest BCUT2D eigenvalue weighted by Gasteiger charge is -2.37. The van der Waals surface area contributed by atoms with Gasteiger partial charge >= 0.3 is 0 Å². The molecule has 37 heavy (non-hydrogen) atoms. The number of pyridine rings is 2. The maximum Gasteiger partial charge on any atom is 0.259 e. The molecule has 3 aromatic rings. The lowest BCUT2D eigenvalue weighted by Crippen LogP contribution is -2.49. The largest absolute Gasteiger partial charge is 0.472 e. The highest BCUT2D eigenvalue weighted by Crippen LogP contribution is 2.27. The van der Waals surface area contributed by atoms with Crippen LogP contribution in [0, 0.1) is 17.8 Å². The van der Waals surface area contributed by atoms with Gasteiger partial charge in [-0.05, 0) is 37.2 Å². The van der Waals surface area contributed by atoms with Crippen LogP contribution in [0.15, 0.2) is 67.1 Å². The van der Waals surface area contributed by atoms with Crippen LogP contribution < -0.4 is 4.74 Å². The summed E-state index contributed by atoms with van der Waals surface area (Å²) in [5.74, 6) is 6.43. The number of nitrogens with zero attached hydrogens (tertiary/aromatic N) is 4. The minimum atomic E-state index is -0.331. The second-order valence-electron chi connectivity index (χ2n) is 9.72. The molecule has 0 bridgehead atoms. The number of hydrogen-bond acceptors (Lipinski definition) is 6. The molecule has 0 saturated heterocycles. The molecule has 1 aromatic carbocycles. The Morgan fingerprint density at radius 2 is 1.97 bits per heavy atom. The molecule has 3 atom stereocenters. The van der Waals surface area contributed by atoms with Crippen LogP contribution in [0.2, 0.25) is 0 Å². The Bertz CT molecular complexity index is 1240.